The molecule has 4 rings (SSSR count). The number of carbonyl (C=O) groups is 2. The number of aryl methyl sites for hydroxylation is 2. The maximum atomic E-state index is 12.5. The summed E-state index contributed by atoms with van der Waals surface area (Å²) in [6.45, 7) is 3.94. The van der Waals surface area contributed by atoms with E-state index in [0.717, 1.165) is 44.8 Å². The number of carbonyl (C=O) groups excluding carboxylic acids is 2. The molecule has 4 aromatic rings. The highest BCUT2D eigenvalue weighted by Gasteiger charge is 2.10. The summed E-state index contributed by atoms with van der Waals surface area (Å²) in [6, 6.07) is 26.4. The van der Waals surface area contributed by atoms with E-state index in [9.17, 15) is 9.59 Å². The molecule has 0 aliphatic carbocycles. The molecule has 0 saturated carbocycles. The first-order valence-corrected chi connectivity index (χ1v) is 12.3. The molecule has 0 heterocycles. The van der Waals surface area contributed by atoms with Crippen LogP contribution in [0.3, 0.4) is 0 Å². The lowest BCUT2D eigenvalue weighted by Crippen LogP contribution is -2.15. The van der Waals surface area contributed by atoms with E-state index in [1.54, 1.807) is 24.3 Å². The van der Waals surface area contributed by atoms with Crippen molar-refractivity contribution in [3.8, 4) is 11.1 Å². The Morgan fingerprint density at radius 3 is 1.28 bits per heavy atom. The number of benzene rings is 4. The predicted molar refractivity (Wildman–Crippen MR) is 149 cm³/mol. The van der Waals surface area contributed by atoms with Crippen LogP contribution in [-0.2, 0) is 22.4 Å². The Kier molecular flexibility index (Phi) is 8.09. The zero-order chi connectivity index (χ0) is 25.7. The van der Waals surface area contributed by atoms with E-state index in [1.165, 1.54) is 0 Å². The van der Waals surface area contributed by atoms with Crippen LogP contribution in [0.25, 0.3) is 11.1 Å². The van der Waals surface area contributed by atoms with Gasteiger partial charge in [0.25, 0.3) is 0 Å². The summed E-state index contributed by atoms with van der Waals surface area (Å²) in [7, 11) is 0. The monoisotopic (exact) mass is 516 g/mol. The second-order valence-corrected chi connectivity index (χ2v) is 9.64. The van der Waals surface area contributed by atoms with Crippen molar-refractivity contribution >= 4 is 46.4 Å². The third kappa shape index (κ3) is 6.75. The molecule has 0 unspecified atom stereocenters. The summed E-state index contributed by atoms with van der Waals surface area (Å²) in [5.41, 5.74) is 7.37. The number of halogens is 2. The van der Waals surface area contributed by atoms with Gasteiger partial charge in [0.1, 0.15) is 0 Å². The van der Waals surface area contributed by atoms with Crippen molar-refractivity contribution in [2.75, 3.05) is 10.6 Å². The van der Waals surface area contributed by atoms with Gasteiger partial charge in [-0.3, -0.25) is 9.59 Å². The van der Waals surface area contributed by atoms with Crippen LogP contribution in [0.4, 0.5) is 11.4 Å². The first-order chi connectivity index (χ1) is 17.3. The van der Waals surface area contributed by atoms with E-state index in [-0.39, 0.29) is 24.7 Å². The molecular weight excluding hydrogens is 491 g/mol. The number of hydrogen-bond donors (Lipinski definition) is 2. The molecule has 0 aliphatic heterocycles. The number of amides is 2. The lowest BCUT2D eigenvalue weighted by atomic mass is 9.99. The van der Waals surface area contributed by atoms with Crippen molar-refractivity contribution in [1.82, 2.24) is 0 Å². The molecule has 2 amide bonds. The van der Waals surface area contributed by atoms with Crippen LogP contribution in [0.5, 0.6) is 0 Å². The summed E-state index contributed by atoms with van der Waals surface area (Å²) >= 11 is 11.8. The Hall–Kier alpha value is -3.60. The second-order valence-electron chi connectivity index (χ2n) is 8.76. The van der Waals surface area contributed by atoms with Crippen molar-refractivity contribution in [3.05, 3.63) is 117 Å². The van der Waals surface area contributed by atoms with Gasteiger partial charge in [-0.1, -0.05) is 59.6 Å². The molecule has 4 aromatic carbocycles. The highest BCUT2D eigenvalue weighted by atomic mass is 35.5. The van der Waals surface area contributed by atoms with Gasteiger partial charge in [-0.2, -0.15) is 0 Å². The van der Waals surface area contributed by atoms with Crippen molar-refractivity contribution in [3.63, 3.8) is 0 Å². The van der Waals surface area contributed by atoms with E-state index in [1.807, 2.05) is 74.5 Å². The van der Waals surface area contributed by atoms with Gasteiger partial charge in [0.15, 0.2) is 0 Å². The van der Waals surface area contributed by atoms with Gasteiger partial charge in [-0.05, 0) is 95.8 Å². The molecule has 182 valence electrons. The molecule has 0 saturated heterocycles. The molecule has 0 fully saturated rings. The average Bonchev–Trinajstić information content (AvgIpc) is 2.84. The number of anilines is 2. The van der Waals surface area contributed by atoms with Crippen LogP contribution in [0.1, 0.15) is 22.3 Å². The third-order valence-electron chi connectivity index (χ3n) is 5.89. The highest BCUT2D eigenvalue weighted by Crippen LogP contribution is 2.28. The average molecular weight is 517 g/mol. The SMILES string of the molecule is Cc1cc(-c2ccc(NC(=O)Cc3ccc(Cl)cc3)c(C)c2)ccc1NC(=O)Cc1ccc(Cl)cc1. The van der Waals surface area contributed by atoms with Crippen molar-refractivity contribution in [2.24, 2.45) is 0 Å². The van der Waals surface area contributed by atoms with Gasteiger partial charge in [-0.25, -0.2) is 0 Å². The molecule has 0 aromatic heterocycles. The Bertz CT molecular complexity index is 1290. The molecule has 2 N–H and O–H groups in total. The molecule has 6 heteroatoms. The zero-order valence-electron chi connectivity index (χ0n) is 20.1. The standard InChI is InChI=1S/C30H26Cl2N2O2/c1-19-15-23(7-13-27(19)33-29(35)17-21-3-9-25(31)10-4-21)24-8-14-28(20(2)16-24)34-30(36)18-22-5-11-26(32)12-6-22/h3-16H,17-18H2,1-2H3,(H,33,35)(H,34,36). The zero-order valence-corrected chi connectivity index (χ0v) is 21.6. The normalized spacial score (nSPS) is 10.7. The van der Waals surface area contributed by atoms with Gasteiger partial charge in [-0.15, -0.1) is 0 Å². The summed E-state index contributed by atoms with van der Waals surface area (Å²) in [6.07, 6.45) is 0.561. The maximum absolute atomic E-state index is 12.5. The van der Waals surface area contributed by atoms with Crippen LogP contribution in [0.2, 0.25) is 10.0 Å². The van der Waals surface area contributed by atoms with Crippen LogP contribution >= 0.6 is 23.2 Å². The van der Waals surface area contributed by atoms with Gasteiger partial charge in [0.05, 0.1) is 12.8 Å². The number of nitrogens with one attached hydrogen (secondary N) is 2. The van der Waals surface area contributed by atoms with E-state index >= 15 is 0 Å². The molecule has 0 spiro atoms. The summed E-state index contributed by atoms with van der Waals surface area (Å²) in [5.74, 6) is -0.162. The first-order valence-electron chi connectivity index (χ1n) is 11.6. The van der Waals surface area contributed by atoms with Gasteiger partial charge in [0, 0.05) is 21.4 Å². The summed E-state index contributed by atoms with van der Waals surface area (Å²) < 4.78 is 0. The Morgan fingerprint density at radius 2 is 0.944 bits per heavy atom. The molecule has 0 bridgehead atoms. The highest BCUT2D eigenvalue weighted by molar-refractivity contribution is 6.30. The molecule has 4 nitrogen and oxygen atoms in total. The predicted octanol–water partition coefficient (Wildman–Crippen LogP) is 7.64. The fourth-order valence-corrected chi connectivity index (χ4v) is 4.18. The van der Waals surface area contributed by atoms with Gasteiger partial charge < -0.3 is 10.6 Å². The van der Waals surface area contributed by atoms with E-state index in [2.05, 4.69) is 10.6 Å². The molecule has 0 aliphatic rings. The van der Waals surface area contributed by atoms with Crippen LogP contribution in [0, 0.1) is 13.8 Å². The van der Waals surface area contributed by atoms with E-state index < -0.39 is 0 Å². The molecule has 36 heavy (non-hydrogen) atoms. The number of rotatable bonds is 7. The minimum absolute atomic E-state index is 0.0808. The summed E-state index contributed by atoms with van der Waals surface area (Å²) in [4.78, 5) is 25.0. The molecule has 0 radical (unpaired) electrons. The largest absolute Gasteiger partial charge is 0.326 e. The third-order valence-corrected chi connectivity index (χ3v) is 6.39. The Labute approximate surface area is 221 Å². The Balaban J connectivity index is 1.40. The van der Waals surface area contributed by atoms with Gasteiger partial charge >= 0.3 is 0 Å². The van der Waals surface area contributed by atoms with Crippen LogP contribution < -0.4 is 10.6 Å². The topological polar surface area (TPSA) is 58.2 Å². The lowest BCUT2D eigenvalue weighted by molar-refractivity contribution is -0.116. The van der Waals surface area contributed by atoms with Crippen molar-refractivity contribution in [2.45, 2.75) is 26.7 Å². The van der Waals surface area contributed by atoms with E-state index in [0.29, 0.717) is 10.0 Å². The van der Waals surface area contributed by atoms with Crippen LogP contribution in [-0.4, -0.2) is 11.8 Å². The first kappa shape index (κ1) is 25.5. The smallest absolute Gasteiger partial charge is 0.228 e. The molecular formula is C30H26Cl2N2O2. The minimum Gasteiger partial charge on any atom is -0.326 e. The quantitative estimate of drug-likeness (QED) is 0.265. The second kappa shape index (κ2) is 11.4. The Morgan fingerprint density at radius 1 is 0.583 bits per heavy atom. The van der Waals surface area contributed by atoms with Crippen molar-refractivity contribution in [1.29, 1.82) is 0 Å². The number of hydrogen-bond acceptors (Lipinski definition) is 2. The fourth-order valence-electron chi connectivity index (χ4n) is 3.93. The van der Waals surface area contributed by atoms with Gasteiger partial charge in [0.2, 0.25) is 11.8 Å². The minimum atomic E-state index is -0.0808. The van der Waals surface area contributed by atoms with E-state index in [4.69, 9.17) is 23.2 Å². The molecule has 0 atom stereocenters. The fraction of sp³-hybridized carbons (Fsp3) is 0.133. The van der Waals surface area contributed by atoms with Crippen LogP contribution in [0.15, 0.2) is 84.9 Å². The summed E-state index contributed by atoms with van der Waals surface area (Å²) in [5, 5.41) is 7.28. The lowest BCUT2D eigenvalue weighted by Gasteiger charge is -2.13. The van der Waals surface area contributed by atoms with Crippen molar-refractivity contribution < 1.29 is 9.59 Å². The maximum Gasteiger partial charge on any atom is 0.228 e.